The third kappa shape index (κ3) is 3.51. The van der Waals surface area contributed by atoms with Gasteiger partial charge in [-0.05, 0) is 56.6 Å². The van der Waals surface area contributed by atoms with Gasteiger partial charge in [0.2, 0.25) is 0 Å². The zero-order valence-electron chi connectivity index (χ0n) is 14.0. The Morgan fingerprint density at radius 3 is 2.91 bits per heavy atom. The normalized spacial score (nSPS) is 24.3. The highest BCUT2D eigenvalue weighted by Gasteiger charge is 2.29. The summed E-state index contributed by atoms with van der Waals surface area (Å²) >= 11 is 0. The molecule has 126 valence electrons. The summed E-state index contributed by atoms with van der Waals surface area (Å²) in [5, 5.41) is 9.57. The van der Waals surface area contributed by atoms with Crippen LogP contribution >= 0.6 is 0 Å². The van der Waals surface area contributed by atoms with Crippen molar-refractivity contribution in [2.24, 2.45) is 5.92 Å². The summed E-state index contributed by atoms with van der Waals surface area (Å²) in [4.78, 5) is 17.1. The van der Waals surface area contributed by atoms with Crippen molar-refractivity contribution >= 4 is 5.91 Å². The van der Waals surface area contributed by atoms with E-state index in [1.54, 1.807) is 0 Å². The Balaban J connectivity index is 1.80. The Bertz CT molecular complexity index is 573. The molecule has 2 aliphatic rings. The Morgan fingerprint density at radius 1 is 1.35 bits per heavy atom. The molecule has 1 aromatic rings. The van der Waals surface area contributed by atoms with Crippen LogP contribution in [0.5, 0.6) is 5.75 Å². The summed E-state index contributed by atoms with van der Waals surface area (Å²) in [5.74, 6) is 1.13. The minimum absolute atomic E-state index is 0.0619. The molecule has 1 amide bonds. The van der Waals surface area contributed by atoms with E-state index in [2.05, 4.69) is 19.0 Å². The molecule has 1 fully saturated rings. The third-order valence-electron chi connectivity index (χ3n) is 5.03. The molecule has 2 aliphatic heterocycles. The van der Waals surface area contributed by atoms with E-state index < -0.39 is 0 Å². The molecule has 0 aromatic heterocycles. The number of hydrogen-bond acceptors (Lipinski definition) is 4. The molecule has 1 saturated heterocycles. The second-order valence-electron chi connectivity index (χ2n) is 6.87. The maximum Gasteiger partial charge on any atom is 0.253 e. The summed E-state index contributed by atoms with van der Waals surface area (Å²) in [6.45, 7) is 2.19. The van der Waals surface area contributed by atoms with Gasteiger partial charge in [0.25, 0.3) is 5.91 Å². The fourth-order valence-electron chi connectivity index (χ4n) is 3.49. The molecule has 3 rings (SSSR count). The maximum atomic E-state index is 13.0. The van der Waals surface area contributed by atoms with E-state index in [-0.39, 0.29) is 18.4 Å². The summed E-state index contributed by atoms with van der Waals surface area (Å²) in [6.07, 6.45) is 2.84. The lowest BCUT2D eigenvalue weighted by Gasteiger charge is -2.29. The number of carbonyl (C=O) groups is 1. The van der Waals surface area contributed by atoms with Crippen molar-refractivity contribution in [3.05, 3.63) is 29.3 Å². The quantitative estimate of drug-likeness (QED) is 0.915. The van der Waals surface area contributed by atoms with E-state index in [0.717, 1.165) is 42.7 Å². The molecule has 0 aliphatic carbocycles. The zero-order valence-corrected chi connectivity index (χ0v) is 14.0. The van der Waals surface area contributed by atoms with Crippen molar-refractivity contribution in [2.45, 2.75) is 25.3 Å². The topological polar surface area (TPSA) is 53.0 Å². The van der Waals surface area contributed by atoms with Gasteiger partial charge < -0.3 is 19.6 Å². The van der Waals surface area contributed by atoms with E-state index in [1.807, 2.05) is 23.1 Å². The van der Waals surface area contributed by atoms with Crippen molar-refractivity contribution in [2.75, 3.05) is 40.4 Å². The smallest absolute Gasteiger partial charge is 0.253 e. The lowest BCUT2D eigenvalue weighted by Crippen LogP contribution is -2.42. The van der Waals surface area contributed by atoms with Gasteiger partial charge in [-0.3, -0.25) is 4.79 Å². The highest BCUT2D eigenvalue weighted by Crippen LogP contribution is 2.27. The minimum Gasteiger partial charge on any atom is -0.493 e. The fourth-order valence-corrected chi connectivity index (χ4v) is 3.49. The molecule has 0 bridgehead atoms. The number of amides is 1. The summed E-state index contributed by atoms with van der Waals surface area (Å²) in [5.41, 5.74) is 1.85. The van der Waals surface area contributed by atoms with Gasteiger partial charge in [0.15, 0.2) is 0 Å². The van der Waals surface area contributed by atoms with Gasteiger partial charge in [0.05, 0.1) is 6.61 Å². The molecule has 0 unspecified atom stereocenters. The molecule has 2 atom stereocenters. The average molecular weight is 318 g/mol. The molecule has 1 aromatic carbocycles. The first-order chi connectivity index (χ1) is 11.1. The van der Waals surface area contributed by atoms with Crippen molar-refractivity contribution in [3.63, 3.8) is 0 Å². The lowest BCUT2D eigenvalue weighted by atomic mass is 10.0. The standard InChI is InChI=1S/C18H26N2O3/c1-19(2)16-5-3-13(12-21)10-20(11-16)18(22)15-4-6-17-14(9-15)7-8-23-17/h4,6,9,13,16,21H,3,5,7-8,10-12H2,1-2H3/t13-,16+/m0/s1. The van der Waals surface area contributed by atoms with Crippen LogP contribution in [0.25, 0.3) is 0 Å². The van der Waals surface area contributed by atoms with E-state index in [1.165, 1.54) is 0 Å². The van der Waals surface area contributed by atoms with Gasteiger partial charge in [-0.25, -0.2) is 0 Å². The second-order valence-corrected chi connectivity index (χ2v) is 6.87. The van der Waals surface area contributed by atoms with Crippen LogP contribution in [0.3, 0.4) is 0 Å². The van der Waals surface area contributed by atoms with E-state index in [9.17, 15) is 9.90 Å². The molecule has 0 saturated carbocycles. The Labute approximate surface area is 137 Å². The number of benzene rings is 1. The molecule has 0 radical (unpaired) electrons. The molecule has 0 spiro atoms. The number of nitrogens with zero attached hydrogens (tertiary/aromatic N) is 2. The third-order valence-corrected chi connectivity index (χ3v) is 5.03. The van der Waals surface area contributed by atoms with Crippen LogP contribution in [-0.4, -0.2) is 67.3 Å². The molecule has 1 N–H and O–H groups in total. The van der Waals surface area contributed by atoms with Gasteiger partial charge in [0, 0.05) is 37.7 Å². The van der Waals surface area contributed by atoms with Gasteiger partial charge in [-0.1, -0.05) is 0 Å². The van der Waals surface area contributed by atoms with Crippen LogP contribution in [0.1, 0.15) is 28.8 Å². The van der Waals surface area contributed by atoms with E-state index >= 15 is 0 Å². The predicted octanol–water partition coefficient (Wildman–Crippen LogP) is 1.40. The number of hydrogen-bond donors (Lipinski definition) is 1. The zero-order chi connectivity index (χ0) is 16.4. The van der Waals surface area contributed by atoms with Crippen LogP contribution in [0.15, 0.2) is 18.2 Å². The van der Waals surface area contributed by atoms with Crippen molar-refractivity contribution in [1.29, 1.82) is 0 Å². The van der Waals surface area contributed by atoms with Crippen molar-refractivity contribution < 1.29 is 14.6 Å². The SMILES string of the molecule is CN(C)[C@@H]1CC[C@H](CO)CN(C(=O)c2ccc3c(c2)CCO3)C1. The molecule has 2 heterocycles. The van der Waals surface area contributed by atoms with Gasteiger partial charge in [0.1, 0.15) is 5.75 Å². The number of fused-ring (bicyclic) bond motifs is 1. The van der Waals surface area contributed by atoms with Crippen LogP contribution in [0.4, 0.5) is 0 Å². The van der Waals surface area contributed by atoms with Gasteiger partial charge >= 0.3 is 0 Å². The number of rotatable bonds is 3. The Kier molecular flexibility index (Phi) is 4.87. The second kappa shape index (κ2) is 6.89. The Hall–Kier alpha value is -1.59. The molecule has 5 heteroatoms. The first-order valence-electron chi connectivity index (χ1n) is 8.40. The summed E-state index contributed by atoms with van der Waals surface area (Å²) in [6, 6.07) is 6.07. The number of carbonyl (C=O) groups excluding carboxylic acids is 1. The number of likely N-dealkylation sites (tertiary alicyclic amines) is 1. The van der Waals surface area contributed by atoms with E-state index in [4.69, 9.17) is 4.74 Å². The number of aliphatic hydroxyl groups is 1. The monoisotopic (exact) mass is 318 g/mol. The van der Waals surface area contributed by atoms with Gasteiger partial charge in [-0.2, -0.15) is 0 Å². The highest BCUT2D eigenvalue weighted by molar-refractivity contribution is 5.94. The van der Waals surface area contributed by atoms with Crippen LogP contribution in [-0.2, 0) is 6.42 Å². The number of aliphatic hydroxyl groups excluding tert-OH is 1. The van der Waals surface area contributed by atoms with Gasteiger partial charge in [-0.15, -0.1) is 0 Å². The minimum atomic E-state index is 0.0619. The molecule has 23 heavy (non-hydrogen) atoms. The Morgan fingerprint density at radius 2 is 2.17 bits per heavy atom. The predicted molar refractivity (Wildman–Crippen MR) is 88.8 cm³/mol. The lowest BCUT2D eigenvalue weighted by molar-refractivity contribution is 0.0689. The van der Waals surface area contributed by atoms with Crippen molar-refractivity contribution in [3.8, 4) is 5.75 Å². The summed E-state index contributed by atoms with van der Waals surface area (Å²) in [7, 11) is 4.11. The molecular formula is C18H26N2O3. The van der Waals surface area contributed by atoms with E-state index in [0.29, 0.717) is 19.2 Å². The highest BCUT2D eigenvalue weighted by atomic mass is 16.5. The number of likely N-dealkylation sites (N-methyl/N-ethyl adjacent to an activating group) is 1. The number of ether oxygens (including phenoxy) is 1. The summed E-state index contributed by atoms with van der Waals surface area (Å²) < 4.78 is 5.52. The largest absolute Gasteiger partial charge is 0.493 e. The molecule has 5 nitrogen and oxygen atoms in total. The average Bonchev–Trinajstić information content (AvgIpc) is 2.90. The fraction of sp³-hybridized carbons (Fsp3) is 0.611. The molecular weight excluding hydrogens is 292 g/mol. The first-order valence-corrected chi connectivity index (χ1v) is 8.40. The van der Waals surface area contributed by atoms with Crippen molar-refractivity contribution in [1.82, 2.24) is 9.80 Å². The van der Waals surface area contributed by atoms with Crippen LogP contribution in [0, 0.1) is 5.92 Å². The maximum absolute atomic E-state index is 13.0. The first kappa shape index (κ1) is 16.3. The van der Waals surface area contributed by atoms with Crippen LogP contribution < -0.4 is 4.74 Å². The van der Waals surface area contributed by atoms with Crippen LogP contribution in [0.2, 0.25) is 0 Å².